The topological polar surface area (TPSA) is 43.1 Å². The van der Waals surface area contributed by atoms with Gasteiger partial charge in [-0.25, -0.2) is 0 Å². The van der Waals surface area contributed by atoms with Crippen LogP contribution in [0.15, 0.2) is 17.5 Å². The van der Waals surface area contributed by atoms with Crippen molar-refractivity contribution in [2.45, 2.75) is 13.3 Å². The molecule has 3 heteroatoms. The van der Waals surface area contributed by atoms with Gasteiger partial charge >= 0.3 is 0 Å². The molecule has 72 valence electrons. The first kappa shape index (κ1) is 9.21. The Morgan fingerprint density at radius 2 is 2.29 bits per heavy atom. The van der Waals surface area contributed by atoms with Crippen LogP contribution in [-0.2, 0) is 6.42 Å². The summed E-state index contributed by atoms with van der Waals surface area (Å²) in [6.07, 6.45) is 1.77. The van der Waals surface area contributed by atoms with Crippen LogP contribution in [0.25, 0.3) is 10.1 Å². The Labute approximate surface area is 86.3 Å². The zero-order valence-corrected chi connectivity index (χ0v) is 8.73. The number of nitrogen functional groups attached to an aromatic ring is 1. The maximum absolute atomic E-state index is 10.8. The normalized spacial score (nSPS) is 10.6. The van der Waals surface area contributed by atoms with Gasteiger partial charge < -0.3 is 5.73 Å². The second-order valence-corrected chi connectivity index (χ2v) is 4.12. The molecule has 0 aliphatic rings. The van der Waals surface area contributed by atoms with Gasteiger partial charge in [-0.15, -0.1) is 11.3 Å². The van der Waals surface area contributed by atoms with E-state index < -0.39 is 0 Å². The quantitative estimate of drug-likeness (QED) is 0.766. The molecule has 2 N–H and O–H groups in total. The van der Waals surface area contributed by atoms with Crippen LogP contribution in [0.4, 0.5) is 5.69 Å². The molecule has 1 heterocycles. The van der Waals surface area contributed by atoms with Gasteiger partial charge in [0, 0.05) is 21.0 Å². The highest BCUT2D eigenvalue weighted by Gasteiger charge is 2.06. The Bertz CT molecular complexity index is 487. The minimum absolute atomic E-state index is 0.779. The van der Waals surface area contributed by atoms with Gasteiger partial charge in [0.15, 0.2) is 0 Å². The van der Waals surface area contributed by atoms with Crippen molar-refractivity contribution in [1.82, 2.24) is 0 Å². The highest BCUT2D eigenvalue weighted by Crippen LogP contribution is 2.30. The summed E-state index contributed by atoms with van der Waals surface area (Å²) < 4.78 is 1.09. The van der Waals surface area contributed by atoms with Crippen LogP contribution in [0.2, 0.25) is 0 Å². The third-order valence-electron chi connectivity index (χ3n) is 2.37. The summed E-state index contributed by atoms with van der Waals surface area (Å²) in [4.78, 5) is 10.8. The fraction of sp³-hybridized carbons (Fsp3) is 0.182. The number of aryl methyl sites for hydroxylation is 1. The second-order valence-electron chi connectivity index (χ2n) is 3.21. The number of hydrogen-bond donors (Lipinski definition) is 1. The average Bonchev–Trinajstić information content (AvgIpc) is 2.58. The number of aldehydes is 1. The highest BCUT2D eigenvalue weighted by atomic mass is 32.1. The molecule has 1 aromatic heterocycles. The summed E-state index contributed by atoms with van der Waals surface area (Å²) in [7, 11) is 0. The fourth-order valence-electron chi connectivity index (χ4n) is 1.57. The molecule has 1 aromatic carbocycles. The molecule has 0 saturated heterocycles. The van der Waals surface area contributed by atoms with E-state index in [-0.39, 0.29) is 0 Å². The summed E-state index contributed by atoms with van der Waals surface area (Å²) in [5.74, 6) is 0. The third-order valence-corrected chi connectivity index (χ3v) is 3.34. The molecule has 2 nitrogen and oxygen atoms in total. The monoisotopic (exact) mass is 205 g/mol. The van der Waals surface area contributed by atoms with Gasteiger partial charge in [-0.05, 0) is 24.1 Å². The number of nitrogens with two attached hydrogens (primary N) is 1. The molecule has 0 saturated carbocycles. The second kappa shape index (κ2) is 3.42. The van der Waals surface area contributed by atoms with Crippen molar-refractivity contribution in [3.63, 3.8) is 0 Å². The smallest absolute Gasteiger partial charge is 0.150 e. The molecule has 0 fully saturated rings. The van der Waals surface area contributed by atoms with Crippen molar-refractivity contribution < 1.29 is 4.79 Å². The molecule has 0 radical (unpaired) electrons. The summed E-state index contributed by atoms with van der Waals surface area (Å²) in [6, 6.07) is 3.94. The number of benzene rings is 1. The van der Waals surface area contributed by atoms with E-state index in [1.165, 1.54) is 0 Å². The number of carbonyl (C=O) groups excluding carboxylic acids is 1. The van der Waals surface area contributed by atoms with Gasteiger partial charge in [-0.2, -0.15) is 0 Å². The summed E-state index contributed by atoms with van der Waals surface area (Å²) >= 11 is 1.58. The van der Waals surface area contributed by atoms with Gasteiger partial charge in [0.25, 0.3) is 0 Å². The number of fused-ring (bicyclic) bond motifs is 1. The van der Waals surface area contributed by atoms with Crippen molar-refractivity contribution in [2.24, 2.45) is 0 Å². The largest absolute Gasteiger partial charge is 0.398 e. The Kier molecular flexibility index (Phi) is 2.25. The first-order chi connectivity index (χ1) is 6.76. The van der Waals surface area contributed by atoms with Gasteiger partial charge in [-0.1, -0.05) is 6.92 Å². The van der Waals surface area contributed by atoms with Crippen molar-refractivity contribution in [1.29, 1.82) is 0 Å². The van der Waals surface area contributed by atoms with E-state index in [2.05, 4.69) is 0 Å². The van der Waals surface area contributed by atoms with E-state index in [9.17, 15) is 4.79 Å². The predicted octanol–water partition coefficient (Wildman–Crippen LogP) is 2.86. The molecular weight excluding hydrogens is 194 g/mol. The van der Waals surface area contributed by atoms with E-state index in [4.69, 9.17) is 5.73 Å². The van der Waals surface area contributed by atoms with Crippen molar-refractivity contribution in [3.8, 4) is 0 Å². The Morgan fingerprint density at radius 3 is 2.93 bits per heavy atom. The molecule has 14 heavy (non-hydrogen) atoms. The van der Waals surface area contributed by atoms with E-state index in [0.29, 0.717) is 0 Å². The zero-order chi connectivity index (χ0) is 10.1. The van der Waals surface area contributed by atoms with E-state index in [1.54, 1.807) is 11.3 Å². The lowest BCUT2D eigenvalue weighted by Gasteiger charge is -2.02. The number of anilines is 1. The first-order valence-corrected chi connectivity index (χ1v) is 5.39. The Hall–Kier alpha value is -1.35. The minimum Gasteiger partial charge on any atom is -0.398 e. The molecule has 0 aliphatic carbocycles. The van der Waals surface area contributed by atoms with Crippen molar-refractivity contribution in [2.75, 3.05) is 5.73 Å². The van der Waals surface area contributed by atoms with Gasteiger partial charge in [0.05, 0.1) is 5.69 Å². The van der Waals surface area contributed by atoms with Crippen LogP contribution in [0.5, 0.6) is 0 Å². The molecule has 2 aromatic rings. The molecule has 2 rings (SSSR count). The van der Waals surface area contributed by atoms with Crippen LogP contribution in [0, 0.1) is 0 Å². The van der Waals surface area contributed by atoms with E-state index in [0.717, 1.165) is 39.6 Å². The van der Waals surface area contributed by atoms with E-state index >= 15 is 0 Å². The SMILES string of the molecule is CCc1cc2c(N)csc2cc1C=O. The lowest BCUT2D eigenvalue weighted by molar-refractivity contribution is 0.112. The average molecular weight is 205 g/mol. The third kappa shape index (κ3) is 1.30. The summed E-state index contributed by atoms with van der Waals surface area (Å²) in [5, 5.41) is 2.98. The molecule has 0 amide bonds. The fourth-order valence-corrected chi connectivity index (χ4v) is 2.45. The zero-order valence-electron chi connectivity index (χ0n) is 7.91. The Balaban J connectivity index is 2.77. The van der Waals surface area contributed by atoms with Gasteiger partial charge in [-0.3, -0.25) is 4.79 Å². The van der Waals surface area contributed by atoms with Gasteiger partial charge in [0.2, 0.25) is 0 Å². The van der Waals surface area contributed by atoms with Crippen LogP contribution in [0.3, 0.4) is 0 Å². The lowest BCUT2D eigenvalue weighted by Crippen LogP contribution is -1.90. The van der Waals surface area contributed by atoms with Crippen molar-refractivity contribution >= 4 is 33.4 Å². The first-order valence-electron chi connectivity index (χ1n) is 4.51. The number of hydrogen-bond acceptors (Lipinski definition) is 3. The minimum atomic E-state index is 0.779. The molecule has 0 unspecified atom stereocenters. The molecular formula is C11H11NOS. The molecule has 0 bridgehead atoms. The number of rotatable bonds is 2. The van der Waals surface area contributed by atoms with Crippen LogP contribution in [0.1, 0.15) is 22.8 Å². The van der Waals surface area contributed by atoms with Crippen LogP contribution in [-0.4, -0.2) is 6.29 Å². The number of carbonyl (C=O) groups is 1. The van der Waals surface area contributed by atoms with Gasteiger partial charge in [0.1, 0.15) is 6.29 Å². The highest BCUT2D eigenvalue weighted by molar-refractivity contribution is 7.17. The van der Waals surface area contributed by atoms with Crippen LogP contribution >= 0.6 is 11.3 Å². The maximum atomic E-state index is 10.8. The summed E-state index contributed by atoms with van der Waals surface area (Å²) in [6.45, 7) is 2.04. The standard InChI is InChI=1S/C11H11NOS/c1-2-7-3-9-10(12)6-14-11(9)4-8(7)5-13/h3-6H,2,12H2,1H3. The predicted molar refractivity (Wildman–Crippen MR) is 61.0 cm³/mol. The molecule has 0 aliphatic heterocycles. The lowest BCUT2D eigenvalue weighted by atomic mass is 10.0. The summed E-state index contributed by atoms with van der Waals surface area (Å²) in [5.41, 5.74) is 8.46. The maximum Gasteiger partial charge on any atom is 0.150 e. The van der Waals surface area contributed by atoms with Crippen LogP contribution < -0.4 is 5.73 Å². The Morgan fingerprint density at radius 1 is 1.50 bits per heavy atom. The van der Waals surface area contributed by atoms with E-state index in [1.807, 2.05) is 24.4 Å². The molecule has 0 atom stereocenters. The molecule has 0 spiro atoms. The number of thiophene rings is 1. The van der Waals surface area contributed by atoms with Crippen molar-refractivity contribution in [3.05, 3.63) is 28.6 Å².